The number of carbonyl (C=O) groups excluding carboxylic acids is 1. The van der Waals surface area contributed by atoms with E-state index in [9.17, 15) is 4.79 Å². The van der Waals surface area contributed by atoms with E-state index in [1.54, 1.807) is 0 Å². The molecule has 0 unspecified atom stereocenters. The summed E-state index contributed by atoms with van der Waals surface area (Å²) < 4.78 is 5.02. The molecule has 0 aromatic carbocycles. The normalized spacial score (nSPS) is 18.4. The standard InChI is InChI=1S/C7H13NO2/c8-7(9)5-10-4-6-2-1-3-6/h6H,1-5H2,(H2,8,9). The fraction of sp³-hybridized carbons (Fsp3) is 0.857. The molecule has 0 heterocycles. The van der Waals surface area contributed by atoms with Crippen molar-refractivity contribution in [3.05, 3.63) is 0 Å². The molecule has 0 radical (unpaired) electrons. The van der Waals surface area contributed by atoms with Gasteiger partial charge in [-0.15, -0.1) is 0 Å². The number of hydrogen-bond acceptors (Lipinski definition) is 2. The van der Waals surface area contributed by atoms with Crippen LogP contribution < -0.4 is 5.73 Å². The lowest BCUT2D eigenvalue weighted by atomic mass is 9.86. The van der Waals surface area contributed by atoms with Gasteiger partial charge in [-0.2, -0.15) is 0 Å². The summed E-state index contributed by atoms with van der Waals surface area (Å²) in [7, 11) is 0. The smallest absolute Gasteiger partial charge is 0.243 e. The van der Waals surface area contributed by atoms with E-state index in [0.717, 1.165) is 0 Å². The molecule has 3 nitrogen and oxygen atoms in total. The van der Waals surface area contributed by atoms with Crippen molar-refractivity contribution in [1.82, 2.24) is 0 Å². The molecule has 1 aliphatic rings. The topological polar surface area (TPSA) is 52.3 Å². The highest BCUT2D eigenvalue weighted by Crippen LogP contribution is 2.25. The number of hydrogen-bond donors (Lipinski definition) is 1. The van der Waals surface area contributed by atoms with E-state index in [1.165, 1.54) is 19.3 Å². The van der Waals surface area contributed by atoms with Gasteiger partial charge in [0, 0.05) is 0 Å². The SMILES string of the molecule is NC(=O)COCC1CCC1. The second kappa shape index (κ2) is 3.56. The van der Waals surface area contributed by atoms with Crippen LogP contribution in [0.1, 0.15) is 19.3 Å². The molecule has 10 heavy (non-hydrogen) atoms. The molecule has 0 saturated heterocycles. The van der Waals surface area contributed by atoms with E-state index in [-0.39, 0.29) is 12.5 Å². The number of primary amides is 1. The molecule has 3 heteroatoms. The van der Waals surface area contributed by atoms with Crippen LogP contribution in [0.3, 0.4) is 0 Å². The molecule has 1 saturated carbocycles. The zero-order valence-electron chi connectivity index (χ0n) is 6.01. The Morgan fingerprint density at radius 3 is 2.70 bits per heavy atom. The third kappa shape index (κ3) is 2.35. The Morgan fingerprint density at radius 1 is 1.60 bits per heavy atom. The van der Waals surface area contributed by atoms with Gasteiger partial charge < -0.3 is 10.5 Å². The maximum absolute atomic E-state index is 10.2. The van der Waals surface area contributed by atoms with Crippen molar-refractivity contribution in [2.24, 2.45) is 11.7 Å². The van der Waals surface area contributed by atoms with Crippen LogP contribution in [-0.2, 0) is 9.53 Å². The third-order valence-electron chi connectivity index (χ3n) is 1.82. The summed E-state index contributed by atoms with van der Waals surface area (Å²) in [6, 6.07) is 0. The number of ether oxygens (including phenoxy) is 1. The average molecular weight is 143 g/mol. The quantitative estimate of drug-likeness (QED) is 0.615. The summed E-state index contributed by atoms with van der Waals surface area (Å²) >= 11 is 0. The van der Waals surface area contributed by atoms with Gasteiger partial charge in [0.1, 0.15) is 6.61 Å². The zero-order chi connectivity index (χ0) is 7.40. The average Bonchev–Trinajstić information content (AvgIpc) is 1.75. The van der Waals surface area contributed by atoms with Crippen molar-refractivity contribution < 1.29 is 9.53 Å². The molecular formula is C7H13NO2. The lowest BCUT2D eigenvalue weighted by molar-refractivity contribution is -0.123. The Balaban J connectivity index is 1.89. The van der Waals surface area contributed by atoms with Crippen LogP contribution in [0.5, 0.6) is 0 Å². The fourth-order valence-corrected chi connectivity index (χ4v) is 0.986. The zero-order valence-corrected chi connectivity index (χ0v) is 6.01. The first-order valence-electron chi connectivity index (χ1n) is 3.65. The highest BCUT2D eigenvalue weighted by molar-refractivity contribution is 5.74. The maximum atomic E-state index is 10.2. The molecule has 58 valence electrons. The first-order valence-corrected chi connectivity index (χ1v) is 3.65. The van der Waals surface area contributed by atoms with E-state index < -0.39 is 0 Å². The molecule has 1 fully saturated rings. The molecular weight excluding hydrogens is 130 g/mol. The van der Waals surface area contributed by atoms with Gasteiger partial charge in [0.15, 0.2) is 0 Å². The molecule has 1 aliphatic carbocycles. The summed E-state index contributed by atoms with van der Waals surface area (Å²) in [5.74, 6) is 0.318. The van der Waals surface area contributed by atoms with E-state index in [1.807, 2.05) is 0 Å². The van der Waals surface area contributed by atoms with Gasteiger partial charge >= 0.3 is 0 Å². The van der Waals surface area contributed by atoms with E-state index in [0.29, 0.717) is 12.5 Å². The maximum Gasteiger partial charge on any atom is 0.243 e. The van der Waals surface area contributed by atoms with Crippen LogP contribution >= 0.6 is 0 Å². The minimum absolute atomic E-state index is 0.0799. The highest BCUT2D eigenvalue weighted by Gasteiger charge is 2.17. The first kappa shape index (κ1) is 7.54. The van der Waals surface area contributed by atoms with Crippen molar-refractivity contribution >= 4 is 5.91 Å². The number of amides is 1. The number of carbonyl (C=O) groups is 1. The van der Waals surface area contributed by atoms with Crippen LogP contribution in [-0.4, -0.2) is 19.1 Å². The lowest BCUT2D eigenvalue weighted by Gasteiger charge is -2.24. The Morgan fingerprint density at radius 2 is 2.30 bits per heavy atom. The van der Waals surface area contributed by atoms with Crippen molar-refractivity contribution in [2.75, 3.05) is 13.2 Å². The van der Waals surface area contributed by atoms with Crippen molar-refractivity contribution in [3.63, 3.8) is 0 Å². The Hall–Kier alpha value is -0.570. The van der Waals surface area contributed by atoms with Crippen molar-refractivity contribution in [1.29, 1.82) is 0 Å². The second-order valence-corrected chi connectivity index (χ2v) is 2.78. The van der Waals surface area contributed by atoms with Gasteiger partial charge in [-0.3, -0.25) is 4.79 Å². The van der Waals surface area contributed by atoms with Gasteiger partial charge in [0.2, 0.25) is 5.91 Å². The summed E-state index contributed by atoms with van der Waals surface area (Å²) in [4.78, 5) is 10.2. The molecule has 0 aromatic heterocycles. The van der Waals surface area contributed by atoms with Gasteiger partial charge in [-0.05, 0) is 18.8 Å². The number of nitrogens with two attached hydrogens (primary N) is 1. The van der Waals surface area contributed by atoms with Gasteiger partial charge in [0.05, 0.1) is 6.61 Å². The first-order chi connectivity index (χ1) is 4.79. The summed E-state index contributed by atoms with van der Waals surface area (Å²) in [6.07, 6.45) is 3.81. The van der Waals surface area contributed by atoms with Crippen LogP contribution in [0.25, 0.3) is 0 Å². The van der Waals surface area contributed by atoms with E-state index >= 15 is 0 Å². The molecule has 0 atom stereocenters. The summed E-state index contributed by atoms with van der Waals surface area (Å²) in [6.45, 7) is 0.791. The predicted octanol–water partition coefficient (Wildman–Crippen LogP) is 0.288. The second-order valence-electron chi connectivity index (χ2n) is 2.78. The van der Waals surface area contributed by atoms with E-state index in [2.05, 4.69) is 0 Å². The molecule has 0 bridgehead atoms. The van der Waals surface area contributed by atoms with Crippen LogP contribution in [0.2, 0.25) is 0 Å². The molecule has 2 N–H and O–H groups in total. The van der Waals surface area contributed by atoms with Gasteiger partial charge in [-0.25, -0.2) is 0 Å². The van der Waals surface area contributed by atoms with Crippen LogP contribution in [0.15, 0.2) is 0 Å². The Labute approximate surface area is 60.5 Å². The predicted molar refractivity (Wildman–Crippen MR) is 37.4 cm³/mol. The Kier molecular flexibility index (Phi) is 2.68. The molecule has 1 amide bonds. The molecule has 0 aliphatic heterocycles. The van der Waals surface area contributed by atoms with Gasteiger partial charge in [0.25, 0.3) is 0 Å². The number of rotatable bonds is 4. The van der Waals surface area contributed by atoms with Gasteiger partial charge in [-0.1, -0.05) is 6.42 Å². The van der Waals surface area contributed by atoms with Crippen molar-refractivity contribution in [2.45, 2.75) is 19.3 Å². The van der Waals surface area contributed by atoms with Crippen LogP contribution in [0, 0.1) is 5.92 Å². The van der Waals surface area contributed by atoms with E-state index in [4.69, 9.17) is 10.5 Å². The fourth-order valence-electron chi connectivity index (χ4n) is 0.986. The van der Waals surface area contributed by atoms with Crippen LogP contribution in [0.4, 0.5) is 0 Å². The molecule has 0 spiro atoms. The molecule has 1 rings (SSSR count). The minimum atomic E-state index is -0.376. The Bertz CT molecular complexity index is 121. The minimum Gasteiger partial charge on any atom is -0.371 e. The lowest BCUT2D eigenvalue weighted by Crippen LogP contribution is -2.23. The highest BCUT2D eigenvalue weighted by atomic mass is 16.5. The summed E-state index contributed by atoms with van der Waals surface area (Å²) in [5.41, 5.74) is 4.87. The monoisotopic (exact) mass is 143 g/mol. The largest absolute Gasteiger partial charge is 0.371 e. The summed E-state index contributed by atoms with van der Waals surface area (Å²) in [5, 5.41) is 0. The van der Waals surface area contributed by atoms with Crippen molar-refractivity contribution in [3.8, 4) is 0 Å². The molecule has 0 aromatic rings. The third-order valence-corrected chi connectivity index (χ3v) is 1.82.